The maximum atomic E-state index is 14.6. The van der Waals surface area contributed by atoms with E-state index in [1.165, 1.54) is 29.7 Å². The van der Waals surface area contributed by atoms with Crippen molar-refractivity contribution in [3.05, 3.63) is 71.1 Å². The molecule has 2 aromatic heterocycles. The highest BCUT2D eigenvalue weighted by Gasteiger charge is 2.18. The Morgan fingerprint density at radius 1 is 1.15 bits per heavy atom. The molecule has 3 rings (SSSR count). The lowest BCUT2D eigenvalue weighted by atomic mass is 9.96. The molecule has 34 heavy (non-hydrogen) atoms. The minimum absolute atomic E-state index is 0.137. The van der Waals surface area contributed by atoms with Gasteiger partial charge in [0, 0.05) is 35.5 Å². The fourth-order valence-corrected chi connectivity index (χ4v) is 3.85. The number of amides is 2. The largest absolute Gasteiger partial charge is 0.306 e. The Morgan fingerprint density at radius 2 is 1.94 bits per heavy atom. The molecule has 3 aromatic rings. The molecule has 0 aliphatic heterocycles. The summed E-state index contributed by atoms with van der Waals surface area (Å²) in [6, 6.07) is 8.64. The van der Waals surface area contributed by atoms with Gasteiger partial charge in [0.05, 0.1) is 5.92 Å². The summed E-state index contributed by atoms with van der Waals surface area (Å²) < 4.78 is 14.6. The highest BCUT2D eigenvalue weighted by atomic mass is 32.1. The van der Waals surface area contributed by atoms with Crippen molar-refractivity contribution in [3.63, 3.8) is 0 Å². The number of rotatable bonds is 9. The molecular weight excluding hydrogens is 453 g/mol. The topological polar surface area (TPSA) is 87.2 Å². The third-order valence-corrected chi connectivity index (χ3v) is 6.13. The van der Waals surface area contributed by atoms with Gasteiger partial charge in [0.25, 0.3) is 0 Å². The van der Waals surface area contributed by atoms with E-state index >= 15 is 0 Å². The number of nitrogens with zero attached hydrogens (tertiary/aromatic N) is 3. The second-order valence-corrected chi connectivity index (χ2v) is 9.15. The number of anilines is 2. The molecule has 0 bridgehead atoms. The van der Waals surface area contributed by atoms with E-state index in [-0.39, 0.29) is 11.7 Å². The van der Waals surface area contributed by atoms with Gasteiger partial charge in [-0.25, -0.2) is 14.4 Å². The zero-order valence-electron chi connectivity index (χ0n) is 19.6. The van der Waals surface area contributed by atoms with E-state index in [2.05, 4.69) is 20.6 Å². The summed E-state index contributed by atoms with van der Waals surface area (Å²) >= 11 is 1.46. The lowest BCUT2D eigenvalue weighted by Crippen LogP contribution is -2.18. The third kappa shape index (κ3) is 6.79. The van der Waals surface area contributed by atoms with E-state index in [0.29, 0.717) is 17.2 Å². The Morgan fingerprint density at radius 3 is 2.62 bits per heavy atom. The van der Waals surface area contributed by atoms with Gasteiger partial charge in [0.2, 0.25) is 11.8 Å². The van der Waals surface area contributed by atoms with Crippen LogP contribution in [0.4, 0.5) is 15.3 Å². The van der Waals surface area contributed by atoms with Gasteiger partial charge in [-0.3, -0.25) is 9.59 Å². The monoisotopic (exact) mass is 481 g/mol. The van der Waals surface area contributed by atoms with Crippen molar-refractivity contribution in [1.82, 2.24) is 14.9 Å². The lowest BCUT2D eigenvalue weighted by Gasteiger charge is -2.13. The smallest absolute Gasteiger partial charge is 0.249 e. The molecule has 9 heteroatoms. The zero-order chi connectivity index (χ0) is 24.7. The Balaban J connectivity index is 1.70. The maximum Gasteiger partial charge on any atom is 0.249 e. The number of likely N-dealkylation sites (N-methyl/N-ethyl adjacent to an activating group) is 1. The molecule has 1 aromatic carbocycles. The number of benzene rings is 1. The van der Waals surface area contributed by atoms with Crippen LogP contribution in [0, 0.1) is 5.82 Å². The van der Waals surface area contributed by atoms with Crippen LogP contribution >= 0.6 is 11.3 Å². The first kappa shape index (κ1) is 25.2. The highest BCUT2D eigenvalue weighted by molar-refractivity contribution is 7.15. The normalized spacial score (nSPS) is 12.2. The van der Waals surface area contributed by atoms with E-state index in [1.807, 2.05) is 57.1 Å². The standard InChI is InChI=1S/C25H28FN5O2S/c1-5-20-15-28-25(34-20)30-24(33)16(2)17-8-6-9-18(12-17)19-13-21(26)23(27-14-19)29-22(32)10-7-11-31(3)4/h6-10,12-16H,5,11H2,1-4H3,(H,27,29,32)(H,28,30,33). The molecule has 178 valence electrons. The van der Waals surface area contributed by atoms with E-state index in [9.17, 15) is 14.0 Å². The van der Waals surface area contributed by atoms with Crippen LogP contribution in [-0.4, -0.2) is 47.3 Å². The van der Waals surface area contributed by atoms with Gasteiger partial charge in [0.1, 0.15) is 0 Å². The Hall–Kier alpha value is -3.43. The van der Waals surface area contributed by atoms with Gasteiger partial charge >= 0.3 is 0 Å². The molecular formula is C25H28FN5O2S. The van der Waals surface area contributed by atoms with E-state index < -0.39 is 17.6 Å². The van der Waals surface area contributed by atoms with Gasteiger partial charge < -0.3 is 15.5 Å². The SMILES string of the molecule is CCc1cnc(NC(=O)C(C)c2cccc(-c3cnc(NC(=O)C=CCN(C)C)c(F)c3)c2)s1. The lowest BCUT2D eigenvalue weighted by molar-refractivity contribution is -0.117. The summed E-state index contributed by atoms with van der Waals surface area (Å²) in [4.78, 5) is 36.0. The number of aromatic nitrogens is 2. The van der Waals surface area contributed by atoms with Crippen molar-refractivity contribution < 1.29 is 14.0 Å². The molecule has 2 amide bonds. The van der Waals surface area contributed by atoms with Crippen LogP contribution in [0.2, 0.25) is 0 Å². The fourth-order valence-electron chi connectivity index (χ4n) is 3.10. The zero-order valence-corrected chi connectivity index (χ0v) is 20.4. The van der Waals surface area contributed by atoms with Crippen molar-refractivity contribution in [3.8, 4) is 11.1 Å². The predicted molar refractivity (Wildman–Crippen MR) is 134 cm³/mol. The van der Waals surface area contributed by atoms with Crippen LogP contribution in [0.15, 0.2) is 54.9 Å². The molecule has 0 spiro atoms. The van der Waals surface area contributed by atoms with Crippen molar-refractivity contribution in [2.75, 3.05) is 31.3 Å². The second kappa shape index (κ2) is 11.6. The van der Waals surface area contributed by atoms with E-state index in [4.69, 9.17) is 0 Å². The Kier molecular flexibility index (Phi) is 8.61. The number of carbonyl (C=O) groups excluding carboxylic acids is 2. The first-order valence-corrected chi connectivity index (χ1v) is 11.7. The number of pyridine rings is 1. The number of halogens is 1. The molecule has 0 saturated carbocycles. The summed E-state index contributed by atoms with van der Waals surface area (Å²) in [5.41, 5.74) is 2.04. The fraction of sp³-hybridized carbons (Fsp3) is 0.280. The van der Waals surface area contributed by atoms with E-state index in [0.717, 1.165) is 22.4 Å². The molecule has 2 heterocycles. The molecule has 0 aliphatic rings. The van der Waals surface area contributed by atoms with Crippen LogP contribution in [-0.2, 0) is 16.0 Å². The average molecular weight is 482 g/mol. The minimum Gasteiger partial charge on any atom is -0.306 e. The quantitative estimate of drug-likeness (QED) is 0.433. The molecule has 0 radical (unpaired) electrons. The van der Waals surface area contributed by atoms with Crippen molar-refractivity contribution in [2.45, 2.75) is 26.2 Å². The molecule has 0 fully saturated rings. The molecule has 2 N–H and O–H groups in total. The minimum atomic E-state index is -0.640. The Labute approximate surface area is 202 Å². The maximum absolute atomic E-state index is 14.6. The number of aryl methyl sites for hydroxylation is 1. The van der Waals surface area contributed by atoms with Gasteiger partial charge in [-0.15, -0.1) is 11.3 Å². The first-order valence-electron chi connectivity index (χ1n) is 10.9. The molecule has 1 unspecified atom stereocenters. The number of nitrogens with one attached hydrogen (secondary N) is 2. The number of hydrogen-bond acceptors (Lipinski definition) is 6. The third-order valence-electron chi connectivity index (χ3n) is 5.07. The number of thiazole rings is 1. The molecule has 1 atom stereocenters. The van der Waals surface area contributed by atoms with Crippen LogP contribution in [0.5, 0.6) is 0 Å². The van der Waals surface area contributed by atoms with Gasteiger partial charge in [0.15, 0.2) is 16.8 Å². The predicted octanol–water partition coefficient (Wildman–Crippen LogP) is 4.71. The number of hydrogen-bond donors (Lipinski definition) is 2. The van der Waals surface area contributed by atoms with Crippen LogP contribution in [0.3, 0.4) is 0 Å². The van der Waals surface area contributed by atoms with Gasteiger partial charge in [-0.05, 0) is 44.6 Å². The summed E-state index contributed by atoms with van der Waals surface area (Å²) in [6.07, 6.45) is 7.15. The summed E-state index contributed by atoms with van der Waals surface area (Å²) in [7, 11) is 3.76. The Bertz CT molecular complexity index is 1190. The van der Waals surface area contributed by atoms with Gasteiger partial charge in [-0.2, -0.15) is 0 Å². The van der Waals surface area contributed by atoms with Crippen LogP contribution in [0.1, 0.15) is 30.2 Å². The van der Waals surface area contributed by atoms with Crippen molar-refractivity contribution in [2.24, 2.45) is 0 Å². The second-order valence-electron chi connectivity index (χ2n) is 8.03. The van der Waals surface area contributed by atoms with Crippen molar-refractivity contribution >= 4 is 34.1 Å². The molecule has 0 aliphatic carbocycles. The molecule has 0 saturated heterocycles. The summed E-state index contributed by atoms with van der Waals surface area (Å²) in [5, 5.41) is 5.88. The summed E-state index contributed by atoms with van der Waals surface area (Å²) in [5.74, 6) is -1.83. The van der Waals surface area contributed by atoms with Crippen LogP contribution < -0.4 is 10.6 Å². The van der Waals surface area contributed by atoms with E-state index in [1.54, 1.807) is 12.3 Å². The average Bonchev–Trinajstić information content (AvgIpc) is 3.27. The number of carbonyl (C=O) groups is 2. The molecule has 7 nitrogen and oxygen atoms in total. The highest BCUT2D eigenvalue weighted by Crippen LogP contribution is 2.27. The summed E-state index contributed by atoms with van der Waals surface area (Å²) in [6.45, 7) is 4.44. The van der Waals surface area contributed by atoms with Crippen LogP contribution in [0.25, 0.3) is 11.1 Å². The van der Waals surface area contributed by atoms with Crippen molar-refractivity contribution in [1.29, 1.82) is 0 Å². The van der Waals surface area contributed by atoms with Gasteiger partial charge in [-0.1, -0.05) is 37.3 Å². The first-order chi connectivity index (χ1) is 16.3.